The van der Waals surface area contributed by atoms with Gasteiger partial charge in [-0.2, -0.15) is 0 Å². The number of benzene rings is 2. The molecule has 0 aliphatic carbocycles. The van der Waals surface area contributed by atoms with Crippen LogP contribution in [0.3, 0.4) is 0 Å². The van der Waals surface area contributed by atoms with E-state index in [1.165, 1.54) is 11.3 Å². The van der Waals surface area contributed by atoms with Gasteiger partial charge < -0.3 is 25.2 Å². The highest BCUT2D eigenvalue weighted by atomic mass is 32.1. The van der Waals surface area contributed by atoms with Crippen LogP contribution in [0.25, 0.3) is 32.2 Å². The molecule has 0 spiro atoms. The van der Waals surface area contributed by atoms with Gasteiger partial charge in [0.05, 0.1) is 16.9 Å². The van der Waals surface area contributed by atoms with Gasteiger partial charge in [-0.25, -0.2) is 9.78 Å². The number of anilines is 2. The monoisotopic (exact) mass is 567 g/mol. The number of aromatic nitrogens is 1. The van der Waals surface area contributed by atoms with Crippen molar-refractivity contribution in [3.8, 4) is 23.6 Å². The van der Waals surface area contributed by atoms with Crippen LogP contribution in [0.2, 0.25) is 0 Å². The van der Waals surface area contributed by atoms with Crippen LogP contribution in [0.5, 0.6) is 0 Å². The van der Waals surface area contributed by atoms with Gasteiger partial charge in [0.15, 0.2) is 0 Å². The molecule has 2 N–H and O–H groups in total. The van der Waals surface area contributed by atoms with Crippen LogP contribution in [0, 0.1) is 12.3 Å². The molecular weight excluding hydrogens is 534 g/mol. The second-order valence-corrected chi connectivity index (χ2v) is 12.7. The van der Waals surface area contributed by atoms with E-state index < -0.39 is 5.60 Å². The van der Waals surface area contributed by atoms with E-state index in [4.69, 9.17) is 16.1 Å². The van der Waals surface area contributed by atoms with Crippen LogP contribution >= 0.6 is 11.3 Å². The molecule has 0 unspecified atom stereocenters. The molecule has 2 aromatic heterocycles. The Hall–Kier alpha value is -4.29. The first-order chi connectivity index (χ1) is 19.6. The summed E-state index contributed by atoms with van der Waals surface area (Å²) in [5.74, 6) is 2.75. The van der Waals surface area contributed by atoms with Crippen molar-refractivity contribution in [3.63, 3.8) is 0 Å². The van der Waals surface area contributed by atoms with Crippen LogP contribution in [0.4, 0.5) is 16.2 Å². The summed E-state index contributed by atoms with van der Waals surface area (Å²) in [5, 5.41) is 8.57. The van der Waals surface area contributed by atoms with Gasteiger partial charge in [-0.1, -0.05) is 5.92 Å². The van der Waals surface area contributed by atoms with E-state index in [0.717, 1.165) is 49.2 Å². The fourth-order valence-corrected chi connectivity index (χ4v) is 6.48. The average Bonchev–Trinajstić information content (AvgIpc) is 3.27. The highest BCUT2D eigenvalue weighted by molar-refractivity contribution is 7.21. The summed E-state index contributed by atoms with van der Waals surface area (Å²) in [6, 6.07) is 14.3. The van der Waals surface area contributed by atoms with Crippen molar-refractivity contribution in [2.75, 3.05) is 42.9 Å². The maximum Gasteiger partial charge on any atom is 0.410 e. The zero-order chi connectivity index (χ0) is 28.9. The van der Waals surface area contributed by atoms with Crippen LogP contribution < -0.4 is 15.5 Å². The first-order valence-corrected chi connectivity index (χ1v) is 14.7. The lowest BCUT2D eigenvalue weighted by atomic mass is 10.0. The predicted molar refractivity (Wildman–Crippen MR) is 166 cm³/mol. The topological polar surface area (TPSA) is 86.8 Å². The van der Waals surface area contributed by atoms with Crippen molar-refractivity contribution in [3.05, 3.63) is 52.9 Å². The van der Waals surface area contributed by atoms with Crippen LogP contribution in [-0.2, 0) is 4.74 Å². The third-order valence-corrected chi connectivity index (χ3v) is 8.52. The largest absolute Gasteiger partial charge is 0.444 e. The Kier molecular flexibility index (Phi) is 6.74. The highest BCUT2D eigenvalue weighted by Gasteiger charge is 2.27. The summed E-state index contributed by atoms with van der Waals surface area (Å²) in [7, 11) is 0. The lowest BCUT2D eigenvalue weighted by Crippen LogP contribution is -2.50. The lowest BCUT2D eigenvalue weighted by Gasteiger charge is -2.37. The smallest absolute Gasteiger partial charge is 0.410 e. The number of carbonyl (C=O) groups excluding carboxylic acids is 2. The molecule has 2 aromatic carbocycles. The van der Waals surface area contributed by atoms with Gasteiger partial charge in [-0.05, 0) is 70.2 Å². The molecule has 9 heteroatoms. The third kappa shape index (κ3) is 5.27. The number of terminal acetylenes is 1. The Balaban J connectivity index is 1.31. The molecule has 41 heavy (non-hydrogen) atoms. The number of amides is 2. The maximum atomic E-state index is 12.8. The number of thiophene rings is 1. The van der Waals surface area contributed by atoms with E-state index in [1.807, 2.05) is 58.0 Å². The van der Waals surface area contributed by atoms with Crippen LogP contribution in [-0.4, -0.2) is 66.3 Å². The van der Waals surface area contributed by atoms with E-state index in [9.17, 15) is 9.59 Å². The molecule has 6 rings (SSSR count). The zero-order valence-electron chi connectivity index (χ0n) is 23.7. The molecule has 2 aliphatic rings. The van der Waals surface area contributed by atoms with E-state index in [1.54, 1.807) is 4.90 Å². The number of fused-ring (bicyclic) bond motifs is 5. The molecular formula is C32H33N5O3S. The molecule has 0 saturated carbocycles. The maximum absolute atomic E-state index is 12.8. The SMILES string of the molecule is C#Cc1cc(-c2ccc3c(ccc4sc5c(c43)NC[C@@H](C)NC5=O)n2)cc(N2CCN(C(=O)OC(C)(C)C)CC2)c1. The number of hydrogen-bond acceptors (Lipinski definition) is 7. The molecule has 1 saturated heterocycles. The molecule has 1 atom stereocenters. The number of carbonyl (C=O) groups is 2. The summed E-state index contributed by atoms with van der Waals surface area (Å²) in [6.45, 7) is 10.8. The van der Waals surface area contributed by atoms with Crippen LogP contribution in [0.15, 0.2) is 42.5 Å². The van der Waals surface area contributed by atoms with Crippen molar-refractivity contribution in [2.45, 2.75) is 39.3 Å². The summed E-state index contributed by atoms with van der Waals surface area (Å²) in [5.41, 5.74) is 4.75. The Labute approximate surface area is 243 Å². The molecule has 8 nitrogen and oxygen atoms in total. The van der Waals surface area contributed by atoms with E-state index in [-0.39, 0.29) is 18.0 Å². The molecule has 0 radical (unpaired) electrons. The minimum Gasteiger partial charge on any atom is -0.444 e. The first-order valence-electron chi connectivity index (χ1n) is 13.9. The van der Waals surface area contributed by atoms with Crippen LogP contribution in [0.1, 0.15) is 42.9 Å². The second-order valence-electron chi connectivity index (χ2n) is 11.6. The van der Waals surface area contributed by atoms with Crippen molar-refractivity contribution in [2.24, 2.45) is 0 Å². The molecule has 1 fully saturated rings. The van der Waals surface area contributed by atoms with Gasteiger partial charge in [0, 0.05) is 71.1 Å². The Morgan fingerprint density at radius 1 is 1.12 bits per heavy atom. The van der Waals surface area contributed by atoms with Crippen molar-refractivity contribution >= 4 is 55.7 Å². The van der Waals surface area contributed by atoms with E-state index in [0.29, 0.717) is 37.6 Å². The number of nitrogens with zero attached hydrogens (tertiary/aromatic N) is 3. The Bertz CT molecular complexity index is 1720. The number of rotatable bonds is 2. The van der Waals surface area contributed by atoms with Crippen molar-refractivity contribution in [1.82, 2.24) is 15.2 Å². The fourth-order valence-electron chi connectivity index (χ4n) is 5.38. The number of piperazine rings is 1. The fraction of sp³-hybridized carbons (Fsp3) is 0.344. The number of ether oxygens (including phenoxy) is 1. The summed E-state index contributed by atoms with van der Waals surface area (Å²) in [4.78, 5) is 35.0. The molecule has 4 aromatic rings. The predicted octanol–water partition coefficient (Wildman–Crippen LogP) is 5.70. The molecule has 2 aliphatic heterocycles. The van der Waals surface area contributed by atoms with Gasteiger partial charge in [0.25, 0.3) is 5.91 Å². The van der Waals surface area contributed by atoms with Gasteiger partial charge in [0.2, 0.25) is 0 Å². The first kappa shape index (κ1) is 26.9. The van der Waals surface area contributed by atoms with Gasteiger partial charge in [0.1, 0.15) is 10.5 Å². The number of nitrogens with one attached hydrogen (secondary N) is 2. The third-order valence-electron chi connectivity index (χ3n) is 7.37. The molecule has 4 heterocycles. The minimum atomic E-state index is -0.519. The molecule has 2 amide bonds. The molecule has 0 bridgehead atoms. The average molecular weight is 568 g/mol. The Morgan fingerprint density at radius 2 is 1.90 bits per heavy atom. The van der Waals surface area contributed by atoms with E-state index >= 15 is 0 Å². The zero-order valence-corrected chi connectivity index (χ0v) is 24.5. The number of hydrogen-bond donors (Lipinski definition) is 2. The minimum absolute atomic E-state index is 0.0398. The quantitative estimate of drug-likeness (QED) is 0.302. The van der Waals surface area contributed by atoms with Gasteiger partial charge >= 0.3 is 6.09 Å². The summed E-state index contributed by atoms with van der Waals surface area (Å²) < 4.78 is 6.60. The Morgan fingerprint density at radius 3 is 2.63 bits per heavy atom. The second kappa shape index (κ2) is 10.3. The van der Waals surface area contributed by atoms with E-state index in [2.05, 4.69) is 33.6 Å². The lowest BCUT2D eigenvalue weighted by molar-refractivity contribution is 0.0240. The molecule has 210 valence electrons. The summed E-state index contributed by atoms with van der Waals surface area (Å²) in [6.07, 6.45) is 5.58. The van der Waals surface area contributed by atoms with Gasteiger partial charge in [-0.15, -0.1) is 17.8 Å². The van der Waals surface area contributed by atoms with Crippen molar-refractivity contribution in [1.29, 1.82) is 0 Å². The van der Waals surface area contributed by atoms with Crippen molar-refractivity contribution < 1.29 is 14.3 Å². The highest BCUT2D eigenvalue weighted by Crippen LogP contribution is 2.41. The standard InChI is InChI=1S/C32H33N5O3S/c1-6-20-15-21(17-22(16-20)36-11-13-37(14-12-36)31(39)40-32(3,4)5)24-8-7-23-25(35-24)9-10-26-27(23)28-29(41-26)30(38)34-19(2)18-33-28/h1,7-10,15-17,19,33H,11-14,18H2,2-5H3,(H,34,38)/t19-/m1/s1. The normalized spacial score (nSPS) is 17.4. The number of pyridine rings is 1. The summed E-state index contributed by atoms with van der Waals surface area (Å²) >= 11 is 1.50. The van der Waals surface area contributed by atoms with Gasteiger partial charge in [-0.3, -0.25) is 4.79 Å².